The molecular formula is C20H16F3NO. The van der Waals surface area contributed by atoms with Gasteiger partial charge >= 0.3 is 0 Å². The number of halogens is 3. The van der Waals surface area contributed by atoms with E-state index in [2.05, 4.69) is 0 Å². The third kappa shape index (κ3) is 3.18. The molecule has 0 aromatic heterocycles. The van der Waals surface area contributed by atoms with E-state index in [1.165, 1.54) is 48.3 Å². The topological polar surface area (TPSA) is 23.5 Å². The second-order valence-electron chi connectivity index (χ2n) is 5.80. The smallest absolute Gasteiger partial charge is 0.188 e. The van der Waals surface area contributed by atoms with E-state index in [4.69, 9.17) is 0 Å². The fourth-order valence-electron chi connectivity index (χ4n) is 2.80. The summed E-state index contributed by atoms with van der Waals surface area (Å²) < 4.78 is 42.2. The van der Waals surface area contributed by atoms with E-state index >= 15 is 0 Å². The van der Waals surface area contributed by atoms with Crippen molar-refractivity contribution in [1.29, 1.82) is 0 Å². The van der Waals surface area contributed by atoms with Gasteiger partial charge in [-0.1, -0.05) is 24.3 Å². The molecule has 3 rings (SSSR count). The molecule has 5 heteroatoms. The lowest BCUT2D eigenvalue weighted by Crippen LogP contribution is -2.14. The van der Waals surface area contributed by atoms with Crippen molar-refractivity contribution in [2.24, 2.45) is 0 Å². The van der Waals surface area contributed by atoms with Gasteiger partial charge < -0.3 is 10.0 Å². The Morgan fingerprint density at radius 3 is 2.32 bits per heavy atom. The first-order chi connectivity index (χ1) is 11.9. The average Bonchev–Trinajstić information content (AvgIpc) is 2.59. The molecule has 0 saturated heterocycles. The van der Waals surface area contributed by atoms with E-state index in [9.17, 15) is 18.3 Å². The molecule has 3 aromatic rings. The Morgan fingerprint density at radius 2 is 1.60 bits per heavy atom. The highest BCUT2D eigenvalue weighted by atomic mass is 19.1. The lowest BCUT2D eigenvalue weighted by Gasteiger charge is -2.23. The van der Waals surface area contributed by atoms with Crippen LogP contribution in [0.1, 0.15) is 5.56 Å². The van der Waals surface area contributed by atoms with E-state index in [0.29, 0.717) is 16.7 Å². The summed E-state index contributed by atoms with van der Waals surface area (Å²) in [6.07, 6.45) is 0. The van der Waals surface area contributed by atoms with Crippen molar-refractivity contribution in [3.63, 3.8) is 0 Å². The number of hydrogen-bond acceptors (Lipinski definition) is 2. The number of aryl methyl sites for hydroxylation is 1. The number of hydrogen-bond donors (Lipinski definition) is 1. The van der Waals surface area contributed by atoms with Gasteiger partial charge in [0.25, 0.3) is 0 Å². The number of phenols is 1. The van der Waals surface area contributed by atoms with Gasteiger partial charge in [-0.15, -0.1) is 0 Å². The maximum Gasteiger partial charge on any atom is 0.188 e. The molecule has 0 fully saturated rings. The van der Waals surface area contributed by atoms with Crippen molar-refractivity contribution in [3.05, 3.63) is 77.6 Å². The zero-order valence-corrected chi connectivity index (χ0v) is 13.7. The largest absolute Gasteiger partial charge is 0.505 e. The van der Waals surface area contributed by atoms with Crippen molar-refractivity contribution in [1.82, 2.24) is 0 Å². The zero-order chi connectivity index (χ0) is 18.1. The lowest BCUT2D eigenvalue weighted by atomic mass is 10.0. The fourth-order valence-corrected chi connectivity index (χ4v) is 2.80. The van der Waals surface area contributed by atoms with Crippen molar-refractivity contribution < 1.29 is 18.3 Å². The van der Waals surface area contributed by atoms with Gasteiger partial charge in [-0.3, -0.25) is 0 Å². The van der Waals surface area contributed by atoms with Crippen LogP contribution in [-0.2, 0) is 0 Å². The molecule has 2 nitrogen and oxygen atoms in total. The fraction of sp³-hybridized carbons (Fsp3) is 0.100. The molecule has 0 aliphatic rings. The molecule has 128 valence electrons. The van der Waals surface area contributed by atoms with Crippen LogP contribution in [-0.4, -0.2) is 12.2 Å². The van der Waals surface area contributed by atoms with Gasteiger partial charge in [-0.2, -0.15) is 0 Å². The molecule has 0 unspecified atom stereocenters. The van der Waals surface area contributed by atoms with Crippen molar-refractivity contribution in [2.45, 2.75) is 6.92 Å². The molecule has 0 saturated carbocycles. The number of aromatic hydroxyl groups is 1. The minimum atomic E-state index is -0.821. The first-order valence-electron chi connectivity index (χ1n) is 7.66. The molecule has 25 heavy (non-hydrogen) atoms. The predicted molar refractivity (Wildman–Crippen MR) is 92.7 cm³/mol. The van der Waals surface area contributed by atoms with Gasteiger partial charge in [-0.05, 0) is 53.9 Å². The van der Waals surface area contributed by atoms with Gasteiger partial charge in [0.2, 0.25) is 0 Å². The van der Waals surface area contributed by atoms with E-state index in [1.54, 1.807) is 25.1 Å². The van der Waals surface area contributed by atoms with Crippen molar-refractivity contribution >= 4 is 11.4 Å². The molecule has 0 bridgehead atoms. The van der Waals surface area contributed by atoms with Crippen LogP contribution < -0.4 is 4.90 Å². The molecule has 0 amide bonds. The Bertz CT molecular complexity index is 940. The molecule has 0 heterocycles. The molecule has 0 aliphatic heterocycles. The van der Waals surface area contributed by atoms with Crippen LogP contribution in [0.25, 0.3) is 11.1 Å². The van der Waals surface area contributed by atoms with E-state index in [0.717, 1.165) is 0 Å². The summed E-state index contributed by atoms with van der Waals surface area (Å²) in [5.74, 6) is -2.27. The first-order valence-corrected chi connectivity index (χ1v) is 7.66. The van der Waals surface area contributed by atoms with Crippen molar-refractivity contribution in [3.8, 4) is 16.9 Å². The minimum Gasteiger partial charge on any atom is -0.505 e. The standard InChI is InChI=1S/C20H16F3NO/c1-12-6-9-18(25)19(23)20(12)24(2)17-11-14(7-8-16(17)22)13-4-3-5-15(21)10-13/h3-11,25H,1-2H3. The van der Waals surface area contributed by atoms with Crippen LogP contribution in [0, 0.1) is 24.4 Å². The minimum absolute atomic E-state index is 0.0790. The molecule has 0 radical (unpaired) electrons. The van der Waals surface area contributed by atoms with Crippen LogP contribution in [0.15, 0.2) is 54.6 Å². The normalized spacial score (nSPS) is 10.8. The Balaban J connectivity index is 2.12. The highest BCUT2D eigenvalue weighted by molar-refractivity contribution is 5.74. The number of benzene rings is 3. The lowest BCUT2D eigenvalue weighted by molar-refractivity contribution is 0.432. The van der Waals surface area contributed by atoms with Crippen LogP contribution in [0.3, 0.4) is 0 Å². The summed E-state index contributed by atoms with van der Waals surface area (Å²) >= 11 is 0. The number of anilines is 2. The van der Waals surface area contributed by atoms with Crippen LogP contribution >= 0.6 is 0 Å². The predicted octanol–water partition coefficient (Wildman–Crippen LogP) is 5.55. The Kier molecular flexibility index (Phi) is 4.40. The van der Waals surface area contributed by atoms with Crippen LogP contribution in [0.5, 0.6) is 5.75 Å². The molecule has 0 spiro atoms. The van der Waals surface area contributed by atoms with Gasteiger partial charge in [0, 0.05) is 7.05 Å². The maximum atomic E-state index is 14.4. The van der Waals surface area contributed by atoms with Crippen molar-refractivity contribution in [2.75, 3.05) is 11.9 Å². The Morgan fingerprint density at radius 1 is 0.880 bits per heavy atom. The second-order valence-corrected chi connectivity index (χ2v) is 5.80. The third-order valence-electron chi connectivity index (χ3n) is 4.10. The molecule has 3 aromatic carbocycles. The summed E-state index contributed by atoms with van der Waals surface area (Å²) in [6, 6.07) is 13.1. The molecular weight excluding hydrogens is 327 g/mol. The number of rotatable bonds is 3. The van der Waals surface area contributed by atoms with E-state index < -0.39 is 23.2 Å². The third-order valence-corrected chi connectivity index (χ3v) is 4.10. The number of phenolic OH excluding ortho intramolecular Hbond substituents is 1. The highest BCUT2D eigenvalue weighted by Gasteiger charge is 2.19. The van der Waals surface area contributed by atoms with Gasteiger partial charge in [0.15, 0.2) is 11.6 Å². The summed E-state index contributed by atoms with van der Waals surface area (Å²) in [6.45, 7) is 1.67. The monoisotopic (exact) mass is 343 g/mol. The maximum absolute atomic E-state index is 14.4. The quantitative estimate of drug-likeness (QED) is 0.674. The van der Waals surface area contributed by atoms with Crippen LogP contribution in [0.4, 0.5) is 24.5 Å². The SMILES string of the molecule is Cc1ccc(O)c(F)c1N(C)c1cc(-c2cccc(F)c2)ccc1F. The molecule has 0 atom stereocenters. The van der Waals surface area contributed by atoms with E-state index in [1.807, 2.05) is 0 Å². The summed E-state index contributed by atoms with van der Waals surface area (Å²) in [5, 5.41) is 9.62. The number of nitrogens with zero attached hydrogens (tertiary/aromatic N) is 1. The first kappa shape index (κ1) is 16.9. The second kappa shape index (κ2) is 6.51. The Labute approximate surface area is 143 Å². The van der Waals surface area contributed by atoms with Gasteiger partial charge in [-0.25, -0.2) is 13.2 Å². The van der Waals surface area contributed by atoms with Crippen LogP contribution in [0.2, 0.25) is 0 Å². The van der Waals surface area contributed by atoms with Gasteiger partial charge in [0.05, 0.1) is 11.4 Å². The summed E-state index contributed by atoms with van der Waals surface area (Å²) in [5.41, 5.74) is 1.93. The average molecular weight is 343 g/mol. The summed E-state index contributed by atoms with van der Waals surface area (Å²) in [7, 11) is 1.51. The zero-order valence-electron chi connectivity index (χ0n) is 13.7. The van der Waals surface area contributed by atoms with E-state index in [-0.39, 0.29) is 11.4 Å². The highest BCUT2D eigenvalue weighted by Crippen LogP contribution is 2.36. The Hall–Kier alpha value is -2.95. The molecule has 1 N–H and O–H groups in total. The molecule has 0 aliphatic carbocycles. The van der Waals surface area contributed by atoms with Gasteiger partial charge in [0.1, 0.15) is 11.6 Å². The summed E-state index contributed by atoms with van der Waals surface area (Å²) in [4.78, 5) is 1.34.